The molecule has 0 aliphatic rings. The van der Waals surface area contributed by atoms with Crippen LogP contribution in [0.25, 0.3) is 0 Å². The van der Waals surface area contributed by atoms with Crippen molar-refractivity contribution >= 4 is 45.6 Å². The third kappa shape index (κ3) is 3.39. The minimum absolute atomic E-state index is 0. The zero-order chi connectivity index (χ0) is 10.1. The Bertz CT molecular complexity index is 439. The summed E-state index contributed by atoms with van der Waals surface area (Å²) in [4.78, 5) is 9.98. The summed E-state index contributed by atoms with van der Waals surface area (Å²) >= 11 is 0. The molecule has 0 atom stereocenters. The molecule has 0 spiro atoms. The summed E-state index contributed by atoms with van der Waals surface area (Å²) in [6.45, 7) is 0. The summed E-state index contributed by atoms with van der Waals surface area (Å²) in [6, 6.07) is 4.48. The number of hydrogen-bond acceptors (Lipinski definition) is 3. The van der Waals surface area contributed by atoms with Crippen molar-refractivity contribution in [1.29, 1.82) is 0 Å². The Morgan fingerprint density at radius 2 is 1.86 bits per heavy atom. The van der Waals surface area contributed by atoms with Gasteiger partial charge in [-0.05, 0) is 18.2 Å². The third-order valence-electron chi connectivity index (χ3n) is 1.38. The van der Waals surface area contributed by atoms with Crippen LogP contribution in [0.2, 0.25) is 0 Å². The molecular weight excluding hydrogens is 219 g/mol. The SMILES string of the molecule is O=C(O)c1cccc(S(=O)(=O)O)c1.[NaH]. The molecule has 0 radical (unpaired) electrons. The topological polar surface area (TPSA) is 91.7 Å². The van der Waals surface area contributed by atoms with Crippen LogP contribution in [-0.2, 0) is 10.1 Å². The average molecular weight is 226 g/mol. The van der Waals surface area contributed by atoms with E-state index in [0.29, 0.717) is 0 Å². The van der Waals surface area contributed by atoms with E-state index in [-0.39, 0.29) is 35.1 Å². The fraction of sp³-hybridized carbons (Fsp3) is 0. The van der Waals surface area contributed by atoms with Crippen molar-refractivity contribution < 1.29 is 22.9 Å². The van der Waals surface area contributed by atoms with Crippen molar-refractivity contribution in [2.24, 2.45) is 0 Å². The van der Waals surface area contributed by atoms with Crippen LogP contribution >= 0.6 is 0 Å². The van der Waals surface area contributed by atoms with Gasteiger partial charge in [-0.25, -0.2) is 4.79 Å². The van der Waals surface area contributed by atoms with Gasteiger partial charge in [0.1, 0.15) is 0 Å². The molecule has 14 heavy (non-hydrogen) atoms. The molecule has 2 N–H and O–H groups in total. The van der Waals surface area contributed by atoms with Crippen molar-refractivity contribution in [3.8, 4) is 0 Å². The molecule has 7 heteroatoms. The van der Waals surface area contributed by atoms with Crippen LogP contribution in [0.4, 0.5) is 0 Å². The van der Waals surface area contributed by atoms with Gasteiger partial charge in [-0.2, -0.15) is 8.42 Å². The summed E-state index contributed by atoms with van der Waals surface area (Å²) < 4.78 is 29.7. The van der Waals surface area contributed by atoms with Gasteiger partial charge >= 0.3 is 35.5 Å². The van der Waals surface area contributed by atoms with Gasteiger partial charge in [-0.15, -0.1) is 0 Å². The number of aromatic carboxylic acids is 1. The van der Waals surface area contributed by atoms with Gasteiger partial charge in [0, 0.05) is 0 Å². The predicted molar refractivity (Wildman–Crippen MR) is 50.4 cm³/mol. The van der Waals surface area contributed by atoms with E-state index in [2.05, 4.69) is 0 Å². The fourth-order valence-electron chi connectivity index (χ4n) is 0.790. The summed E-state index contributed by atoms with van der Waals surface area (Å²) in [5.41, 5.74) is -0.185. The molecule has 72 valence electrons. The van der Waals surface area contributed by atoms with Crippen LogP contribution in [0.1, 0.15) is 10.4 Å². The van der Waals surface area contributed by atoms with Gasteiger partial charge < -0.3 is 5.11 Å². The van der Waals surface area contributed by atoms with Crippen molar-refractivity contribution in [3.63, 3.8) is 0 Å². The van der Waals surface area contributed by atoms with E-state index in [1.54, 1.807) is 0 Å². The minimum atomic E-state index is -4.32. The quantitative estimate of drug-likeness (QED) is 0.546. The number of hydrogen-bond donors (Lipinski definition) is 2. The number of benzene rings is 1. The Kier molecular flexibility index (Phi) is 4.76. The number of carboxylic acids is 1. The summed E-state index contributed by atoms with van der Waals surface area (Å²) in [5, 5.41) is 8.50. The molecule has 0 aromatic heterocycles. The first-order chi connectivity index (χ1) is 5.91. The summed E-state index contributed by atoms with van der Waals surface area (Å²) in [7, 11) is -4.32. The molecule has 1 rings (SSSR count). The van der Waals surface area contributed by atoms with E-state index < -0.39 is 21.0 Å². The van der Waals surface area contributed by atoms with Gasteiger partial charge in [0.05, 0.1) is 10.5 Å². The predicted octanol–water partition coefficient (Wildman–Crippen LogP) is -0.0170. The first-order valence-corrected chi connectivity index (χ1v) is 4.66. The standard InChI is InChI=1S/C7H6O5S.Na.H/c8-7(9)5-2-1-3-6(4-5)13(10,11)12;;/h1-4H,(H,8,9)(H,10,11,12);;. The van der Waals surface area contributed by atoms with Gasteiger partial charge in [-0.1, -0.05) is 6.07 Å². The Morgan fingerprint density at radius 1 is 1.29 bits per heavy atom. The normalized spacial score (nSPS) is 10.4. The molecule has 0 fully saturated rings. The molecule has 0 saturated heterocycles. The Morgan fingerprint density at radius 3 is 2.29 bits per heavy atom. The van der Waals surface area contributed by atoms with Crippen LogP contribution in [0, 0.1) is 0 Å². The van der Waals surface area contributed by atoms with E-state index in [0.717, 1.165) is 12.1 Å². The number of carboxylic acid groups (broad SMARTS) is 1. The molecule has 0 bridgehead atoms. The molecule has 0 aliphatic heterocycles. The van der Waals surface area contributed by atoms with Crippen LogP contribution in [-0.4, -0.2) is 53.6 Å². The Labute approximate surface area is 103 Å². The third-order valence-corrected chi connectivity index (χ3v) is 2.23. The molecule has 0 saturated carbocycles. The second kappa shape index (κ2) is 4.90. The van der Waals surface area contributed by atoms with Gasteiger partial charge in [0.15, 0.2) is 0 Å². The molecule has 0 aliphatic carbocycles. The fourth-order valence-corrected chi connectivity index (χ4v) is 1.32. The molecule has 5 nitrogen and oxygen atoms in total. The van der Waals surface area contributed by atoms with Crippen LogP contribution < -0.4 is 0 Å². The molecular formula is C7H7NaO5S. The number of carbonyl (C=O) groups is 1. The first-order valence-electron chi connectivity index (χ1n) is 3.22. The Hall–Kier alpha value is -0.400. The van der Waals surface area contributed by atoms with Crippen LogP contribution in [0.15, 0.2) is 29.2 Å². The Balaban J connectivity index is 0.00000169. The van der Waals surface area contributed by atoms with Gasteiger partial charge in [0.2, 0.25) is 0 Å². The van der Waals surface area contributed by atoms with Gasteiger partial charge in [0.25, 0.3) is 10.1 Å². The van der Waals surface area contributed by atoms with E-state index >= 15 is 0 Å². The average Bonchev–Trinajstić information content (AvgIpc) is 2.03. The maximum atomic E-state index is 10.6. The summed E-state index contributed by atoms with van der Waals surface area (Å²) in [6.07, 6.45) is 0. The zero-order valence-electron chi connectivity index (χ0n) is 6.34. The van der Waals surface area contributed by atoms with Crippen molar-refractivity contribution in [2.75, 3.05) is 0 Å². The molecule has 0 heterocycles. The van der Waals surface area contributed by atoms with Crippen LogP contribution in [0.5, 0.6) is 0 Å². The van der Waals surface area contributed by atoms with E-state index in [1.807, 2.05) is 0 Å². The van der Waals surface area contributed by atoms with Crippen molar-refractivity contribution in [3.05, 3.63) is 29.8 Å². The molecule has 0 unspecified atom stereocenters. The summed E-state index contributed by atoms with van der Waals surface area (Å²) in [5.74, 6) is -1.24. The molecule has 1 aromatic carbocycles. The second-order valence-corrected chi connectivity index (χ2v) is 3.73. The zero-order valence-corrected chi connectivity index (χ0v) is 7.15. The molecule has 1 aromatic rings. The van der Waals surface area contributed by atoms with Gasteiger partial charge in [-0.3, -0.25) is 4.55 Å². The van der Waals surface area contributed by atoms with E-state index in [1.165, 1.54) is 12.1 Å². The second-order valence-electron chi connectivity index (χ2n) is 2.31. The van der Waals surface area contributed by atoms with Crippen molar-refractivity contribution in [1.82, 2.24) is 0 Å². The molecule has 0 amide bonds. The van der Waals surface area contributed by atoms with Crippen molar-refractivity contribution in [2.45, 2.75) is 4.90 Å². The first kappa shape index (κ1) is 13.6. The number of rotatable bonds is 2. The monoisotopic (exact) mass is 226 g/mol. The van der Waals surface area contributed by atoms with E-state index in [4.69, 9.17) is 9.66 Å². The van der Waals surface area contributed by atoms with E-state index in [9.17, 15) is 13.2 Å². The van der Waals surface area contributed by atoms with Crippen LogP contribution in [0.3, 0.4) is 0 Å². The maximum absolute atomic E-state index is 10.6.